The number of halogens is 4. The van der Waals surface area contributed by atoms with Crippen molar-refractivity contribution in [3.8, 4) is 0 Å². The van der Waals surface area contributed by atoms with Gasteiger partial charge < -0.3 is 0 Å². The number of rotatable bonds is 5. The fraction of sp³-hybridized carbons (Fsp3) is 0.167. The van der Waals surface area contributed by atoms with Crippen LogP contribution in [0.5, 0.6) is 0 Å². The number of hydrogen-bond donors (Lipinski definition) is 0. The summed E-state index contributed by atoms with van der Waals surface area (Å²) in [7, 11) is -9.47. The van der Waals surface area contributed by atoms with Crippen LogP contribution in [0.3, 0.4) is 0 Å². The maximum absolute atomic E-state index is 12.5. The maximum atomic E-state index is 12.5. The minimum atomic E-state index is -4.74. The molecule has 6 nitrogen and oxygen atoms in total. The highest BCUT2D eigenvalue weighted by molar-refractivity contribution is 8.10. The van der Waals surface area contributed by atoms with Gasteiger partial charge in [0.25, 0.3) is 20.0 Å². The van der Waals surface area contributed by atoms with Gasteiger partial charge in [0.2, 0.25) is 4.08 Å². The highest BCUT2D eigenvalue weighted by Crippen LogP contribution is 2.42. The van der Waals surface area contributed by atoms with E-state index in [9.17, 15) is 16.8 Å². The van der Waals surface area contributed by atoms with Gasteiger partial charge in [0, 0.05) is 53.5 Å². The fourth-order valence-electron chi connectivity index (χ4n) is 2.20. The van der Waals surface area contributed by atoms with E-state index in [1.807, 2.05) is 6.07 Å². The molecule has 1 aliphatic rings. The van der Waals surface area contributed by atoms with Gasteiger partial charge in [0.15, 0.2) is 0 Å². The van der Waals surface area contributed by atoms with E-state index in [1.165, 1.54) is 12.2 Å². The molecule has 0 unspecified atom stereocenters. The quantitative estimate of drug-likeness (QED) is 0.641. The summed E-state index contributed by atoms with van der Waals surface area (Å²) in [5, 5.41) is 0. The van der Waals surface area contributed by atoms with Gasteiger partial charge in [0.1, 0.15) is 0 Å². The van der Waals surface area contributed by atoms with Crippen molar-refractivity contribution in [2.24, 2.45) is 0 Å². The molecule has 0 spiro atoms. The molecule has 0 fully saturated rings. The first-order valence-electron chi connectivity index (χ1n) is 6.24. The summed E-state index contributed by atoms with van der Waals surface area (Å²) in [5.74, 6) is 0. The Hall–Kier alpha value is -0.320. The molecule has 0 N–H and O–H groups in total. The molecule has 0 bridgehead atoms. The number of allylic oxidation sites excluding steroid dienone is 3. The Kier molecular flexibility index (Phi) is 5.94. The molecule has 0 saturated heterocycles. The molecule has 1 aliphatic carbocycles. The Morgan fingerprint density at radius 1 is 0.875 bits per heavy atom. The first-order valence-corrected chi connectivity index (χ1v) is 10.5. The SMILES string of the molecule is O=S(=O)(N(Cl)Cl)C1(S(=O)(=O)N(Cl)Cl)C=CC(c2ccccc2)=CC1. The van der Waals surface area contributed by atoms with Crippen LogP contribution in [-0.2, 0) is 20.0 Å². The standard InChI is InChI=1S/C12H10Cl4N2O4S2/c13-17(14)23(19,20)12(24(21,22)18(15)16)8-6-11(7-9-12)10-4-2-1-3-5-10/h1-8H,9H2. The molecule has 0 aliphatic heterocycles. The summed E-state index contributed by atoms with van der Waals surface area (Å²) in [6, 6.07) is 8.97. The Bertz CT molecular complexity index is 843. The number of sulfonamides is 2. The van der Waals surface area contributed by atoms with Gasteiger partial charge >= 0.3 is 0 Å². The Labute approximate surface area is 160 Å². The third-order valence-electron chi connectivity index (χ3n) is 3.47. The van der Waals surface area contributed by atoms with Crippen molar-refractivity contribution < 1.29 is 16.8 Å². The normalized spacial score (nSPS) is 18.0. The molecule has 1 aromatic carbocycles. The zero-order valence-corrected chi connectivity index (χ0v) is 16.3. The molecule has 0 saturated carbocycles. The summed E-state index contributed by atoms with van der Waals surface area (Å²) in [5.41, 5.74) is 1.40. The third-order valence-corrected chi connectivity index (χ3v) is 9.99. The lowest BCUT2D eigenvalue weighted by Gasteiger charge is -2.32. The maximum Gasteiger partial charge on any atom is 0.267 e. The van der Waals surface area contributed by atoms with Crippen molar-refractivity contribution in [2.75, 3.05) is 0 Å². The lowest BCUT2D eigenvalue weighted by atomic mass is 9.99. The average molecular weight is 452 g/mol. The lowest BCUT2D eigenvalue weighted by Crippen LogP contribution is -2.50. The molecule has 1 aromatic rings. The molecule has 0 heterocycles. The van der Waals surface area contributed by atoms with Gasteiger partial charge in [-0.25, -0.2) is 16.8 Å². The number of nitrogens with zero attached hydrogens (tertiary/aromatic N) is 2. The van der Waals surface area contributed by atoms with Gasteiger partial charge in [-0.2, -0.15) is 0 Å². The van der Waals surface area contributed by atoms with Crippen LogP contribution in [0.1, 0.15) is 12.0 Å². The highest BCUT2D eigenvalue weighted by atomic mass is 35.6. The lowest BCUT2D eigenvalue weighted by molar-refractivity contribution is 0.537. The van der Waals surface area contributed by atoms with E-state index < -0.39 is 30.5 Å². The Morgan fingerprint density at radius 3 is 1.75 bits per heavy atom. The Morgan fingerprint density at radius 2 is 1.38 bits per heavy atom. The average Bonchev–Trinajstić information content (AvgIpc) is 2.55. The van der Waals surface area contributed by atoms with E-state index in [1.54, 1.807) is 24.3 Å². The number of benzene rings is 1. The molecule has 2 rings (SSSR count). The van der Waals surface area contributed by atoms with Crippen LogP contribution >= 0.6 is 47.1 Å². The minimum Gasteiger partial charge on any atom is -0.208 e. The first-order chi connectivity index (χ1) is 11.1. The van der Waals surface area contributed by atoms with Crippen molar-refractivity contribution in [2.45, 2.75) is 10.5 Å². The van der Waals surface area contributed by atoms with Crippen LogP contribution < -0.4 is 0 Å². The second-order valence-electron chi connectivity index (χ2n) is 4.73. The van der Waals surface area contributed by atoms with E-state index in [-0.39, 0.29) is 6.69 Å². The molecular formula is C12H10Cl4N2O4S2. The molecular weight excluding hydrogens is 442 g/mol. The smallest absolute Gasteiger partial charge is 0.208 e. The van der Waals surface area contributed by atoms with Crippen LogP contribution in [0.25, 0.3) is 5.57 Å². The third kappa shape index (κ3) is 3.22. The van der Waals surface area contributed by atoms with Gasteiger partial charge in [-0.05, 0) is 23.9 Å². The van der Waals surface area contributed by atoms with E-state index in [0.29, 0.717) is 5.57 Å². The molecule has 0 aromatic heterocycles. The van der Waals surface area contributed by atoms with Crippen molar-refractivity contribution >= 4 is 72.7 Å². The summed E-state index contributed by atoms with van der Waals surface area (Å²) in [6.45, 7) is 0. The second-order valence-corrected chi connectivity index (χ2v) is 11.6. The summed E-state index contributed by atoms with van der Waals surface area (Å²) in [4.78, 5) is 0. The van der Waals surface area contributed by atoms with Gasteiger partial charge in [-0.1, -0.05) is 42.5 Å². The van der Waals surface area contributed by atoms with E-state index in [2.05, 4.69) is 0 Å². The summed E-state index contributed by atoms with van der Waals surface area (Å²) >= 11 is 21.4. The minimum absolute atomic E-state index is 0.215. The van der Waals surface area contributed by atoms with Crippen LogP contribution in [0.15, 0.2) is 48.6 Å². The van der Waals surface area contributed by atoms with E-state index >= 15 is 0 Å². The molecule has 12 heteroatoms. The van der Waals surface area contributed by atoms with E-state index in [0.717, 1.165) is 11.6 Å². The Balaban J connectivity index is 2.59. The van der Waals surface area contributed by atoms with Crippen molar-refractivity contribution in [1.29, 1.82) is 0 Å². The largest absolute Gasteiger partial charge is 0.267 e. The topological polar surface area (TPSA) is 74.8 Å². The molecule has 0 amide bonds. The second kappa shape index (κ2) is 7.13. The summed E-state index contributed by atoms with van der Waals surface area (Å²) in [6.07, 6.45) is 3.24. The zero-order chi connectivity index (χ0) is 18.2. The van der Waals surface area contributed by atoms with Crippen molar-refractivity contribution in [3.63, 3.8) is 0 Å². The van der Waals surface area contributed by atoms with Gasteiger partial charge in [-0.15, -0.1) is 0 Å². The van der Waals surface area contributed by atoms with Crippen LogP contribution in [0, 0.1) is 0 Å². The van der Waals surface area contributed by atoms with Gasteiger partial charge in [-0.3, -0.25) is 0 Å². The van der Waals surface area contributed by atoms with Crippen molar-refractivity contribution in [1.82, 2.24) is 6.69 Å². The first kappa shape index (κ1) is 20.0. The molecule has 24 heavy (non-hydrogen) atoms. The van der Waals surface area contributed by atoms with Crippen molar-refractivity contribution in [3.05, 3.63) is 54.1 Å². The van der Waals surface area contributed by atoms with Crippen LogP contribution in [0.2, 0.25) is 0 Å². The molecule has 132 valence electrons. The van der Waals surface area contributed by atoms with Crippen LogP contribution in [-0.4, -0.2) is 27.6 Å². The van der Waals surface area contributed by atoms with Crippen LogP contribution in [0.4, 0.5) is 0 Å². The molecule has 0 atom stereocenters. The van der Waals surface area contributed by atoms with Gasteiger partial charge in [0.05, 0.1) is 0 Å². The summed E-state index contributed by atoms with van der Waals surface area (Å²) < 4.78 is 46.8. The van der Waals surface area contributed by atoms with E-state index in [4.69, 9.17) is 47.1 Å². The number of hydrogen-bond acceptors (Lipinski definition) is 4. The fourth-order valence-corrected chi connectivity index (χ4v) is 7.21. The predicted octanol–water partition coefficient (Wildman–Crippen LogP) is 3.61. The zero-order valence-electron chi connectivity index (χ0n) is 11.7. The predicted molar refractivity (Wildman–Crippen MR) is 95.8 cm³/mol. The molecule has 0 radical (unpaired) electrons. The monoisotopic (exact) mass is 450 g/mol. The highest BCUT2D eigenvalue weighted by Gasteiger charge is 2.58.